The highest BCUT2D eigenvalue weighted by Gasteiger charge is 1.98. The molecule has 1 rings (SSSR count). The summed E-state index contributed by atoms with van der Waals surface area (Å²) in [7, 11) is 1.41. The average Bonchev–Trinajstić information content (AvgIpc) is 2.29. The van der Waals surface area contributed by atoms with Gasteiger partial charge in [-0.2, -0.15) is 0 Å². The summed E-state index contributed by atoms with van der Waals surface area (Å²) in [5.41, 5.74) is 0. The van der Waals surface area contributed by atoms with E-state index >= 15 is 0 Å². The van der Waals surface area contributed by atoms with Crippen LogP contribution in [0.5, 0.6) is 0 Å². The van der Waals surface area contributed by atoms with Gasteiger partial charge in [-0.3, -0.25) is 9.52 Å². The number of rotatable bonds is 6. The standard InChI is InChI=1S/C11H15NO2S/c1-14-11(13)8-5-9-12-15-10-6-3-2-4-7-10/h2-4,6-7,12H,5,8-9H2,1H3. The van der Waals surface area contributed by atoms with E-state index in [4.69, 9.17) is 0 Å². The molecule has 0 aromatic heterocycles. The highest BCUT2D eigenvalue weighted by Crippen LogP contribution is 2.12. The molecule has 15 heavy (non-hydrogen) atoms. The van der Waals surface area contributed by atoms with Gasteiger partial charge in [-0.1, -0.05) is 18.2 Å². The lowest BCUT2D eigenvalue weighted by atomic mass is 10.3. The molecule has 0 aliphatic heterocycles. The molecule has 0 saturated carbocycles. The first-order chi connectivity index (χ1) is 7.33. The summed E-state index contributed by atoms with van der Waals surface area (Å²) in [5.74, 6) is -0.151. The number of carbonyl (C=O) groups excluding carboxylic acids is 1. The van der Waals surface area contributed by atoms with Crippen LogP contribution in [0.3, 0.4) is 0 Å². The molecule has 1 aromatic rings. The normalized spacial score (nSPS) is 9.93. The zero-order valence-electron chi connectivity index (χ0n) is 8.73. The number of benzene rings is 1. The van der Waals surface area contributed by atoms with Crippen LogP contribution in [0.25, 0.3) is 0 Å². The maximum absolute atomic E-state index is 10.8. The molecule has 0 aliphatic rings. The Bertz CT molecular complexity index is 290. The third-order valence-electron chi connectivity index (χ3n) is 1.82. The monoisotopic (exact) mass is 225 g/mol. The Balaban J connectivity index is 2.05. The van der Waals surface area contributed by atoms with Crippen LogP contribution in [0.15, 0.2) is 35.2 Å². The zero-order chi connectivity index (χ0) is 10.9. The zero-order valence-corrected chi connectivity index (χ0v) is 9.55. The van der Waals surface area contributed by atoms with E-state index in [1.54, 1.807) is 11.9 Å². The van der Waals surface area contributed by atoms with Crippen molar-refractivity contribution in [1.29, 1.82) is 0 Å². The lowest BCUT2D eigenvalue weighted by Gasteiger charge is -2.03. The molecule has 0 aliphatic carbocycles. The van der Waals surface area contributed by atoms with E-state index in [1.807, 2.05) is 30.3 Å². The minimum Gasteiger partial charge on any atom is -0.469 e. The van der Waals surface area contributed by atoms with E-state index in [2.05, 4.69) is 9.46 Å². The molecule has 0 saturated heterocycles. The molecule has 0 heterocycles. The maximum Gasteiger partial charge on any atom is 0.305 e. The molecular formula is C11H15NO2S. The van der Waals surface area contributed by atoms with Gasteiger partial charge in [0.1, 0.15) is 0 Å². The molecule has 1 aromatic carbocycles. The van der Waals surface area contributed by atoms with Crippen LogP contribution in [-0.2, 0) is 9.53 Å². The second-order valence-electron chi connectivity index (χ2n) is 2.99. The summed E-state index contributed by atoms with van der Waals surface area (Å²) < 4.78 is 7.73. The quantitative estimate of drug-likeness (QED) is 0.458. The van der Waals surface area contributed by atoms with Gasteiger partial charge in [0.2, 0.25) is 0 Å². The van der Waals surface area contributed by atoms with E-state index in [0.29, 0.717) is 6.42 Å². The number of carbonyl (C=O) groups is 1. The van der Waals surface area contributed by atoms with Gasteiger partial charge in [0.15, 0.2) is 0 Å². The Kier molecular flexibility index (Phi) is 5.88. The van der Waals surface area contributed by atoms with Crippen molar-refractivity contribution in [1.82, 2.24) is 4.72 Å². The Labute approximate surface area is 94.3 Å². The third-order valence-corrected chi connectivity index (χ3v) is 2.68. The first-order valence-electron chi connectivity index (χ1n) is 4.84. The fraction of sp³-hybridized carbons (Fsp3) is 0.364. The van der Waals surface area contributed by atoms with Crippen LogP contribution in [0.2, 0.25) is 0 Å². The molecule has 0 bridgehead atoms. The highest BCUT2D eigenvalue weighted by atomic mass is 32.2. The average molecular weight is 225 g/mol. The lowest BCUT2D eigenvalue weighted by molar-refractivity contribution is -0.140. The molecule has 0 atom stereocenters. The van der Waals surface area contributed by atoms with Gasteiger partial charge in [0, 0.05) is 17.9 Å². The smallest absolute Gasteiger partial charge is 0.305 e. The number of hydrogen-bond acceptors (Lipinski definition) is 4. The van der Waals surface area contributed by atoms with Gasteiger partial charge in [0.25, 0.3) is 0 Å². The van der Waals surface area contributed by atoms with Crippen LogP contribution in [-0.4, -0.2) is 19.6 Å². The molecule has 82 valence electrons. The first kappa shape index (κ1) is 12.1. The van der Waals surface area contributed by atoms with Crippen molar-refractivity contribution in [3.8, 4) is 0 Å². The first-order valence-corrected chi connectivity index (χ1v) is 5.66. The lowest BCUT2D eigenvalue weighted by Crippen LogP contribution is -2.08. The number of methoxy groups -OCH3 is 1. The van der Waals surface area contributed by atoms with Gasteiger partial charge in [-0.25, -0.2) is 0 Å². The van der Waals surface area contributed by atoms with Crippen LogP contribution < -0.4 is 4.72 Å². The van der Waals surface area contributed by atoms with Gasteiger partial charge in [0.05, 0.1) is 7.11 Å². The minimum absolute atomic E-state index is 0.151. The Morgan fingerprint density at radius 1 is 1.40 bits per heavy atom. The van der Waals surface area contributed by atoms with Gasteiger partial charge in [-0.15, -0.1) is 0 Å². The number of nitrogens with one attached hydrogen (secondary N) is 1. The van der Waals surface area contributed by atoms with E-state index in [0.717, 1.165) is 13.0 Å². The molecular weight excluding hydrogens is 210 g/mol. The van der Waals surface area contributed by atoms with Crippen molar-refractivity contribution in [3.05, 3.63) is 30.3 Å². The Hall–Kier alpha value is -1.00. The van der Waals surface area contributed by atoms with Crippen LogP contribution in [0.4, 0.5) is 0 Å². The topological polar surface area (TPSA) is 38.3 Å². The van der Waals surface area contributed by atoms with Crippen LogP contribution in [0.1, 0.15) is 12.8 Å². The van der Waals surface area contributed by atoms with Crippen LogP contribution >= 0.6 is 11.9 Å². The molecule has 0 unspecified atom stereocenters. The molecule has 1 N–H and O–H groups in total. The molecule has 0 amide bonds. The van der Waals surface area contributed by atoms with Crippen molar-refractivity contribution in [3.63, 3.8) is 0 Å². The van der Waals surface area contributed by atoms with E-state index in [-0.39, 0.29) is 5.97 Å². The predicted molar refractivity (Wildman–Crippen MR) is 61.6 cm³/mol. The van der Waals surface area contributed by atoms with E-state index in [9.17, 15) is 4.79 Å². The predicted octanol–water partition coefficient (Wildman–Crippen LogP) is 2.24. The third kappa shape index (κ3) is 5.44. The van der Waals surface area contributed by atoms with Crippen LogP contribution in [0, 0.1) is 0 Å². The summed E-state index contributed by atoms with van der Waals surface area (Å²) in [4.78, 5) is 12.0. The summed E-state index contributed by atoms with van der Waals surface area (Å²) in [6.45, 7) is 0.800. The van der Waals surface area contributed by atoms with Crippen molar-refractivity contribution in [2.45, 2.75) is 17.7 Å². The minimum atomic E-state index is -0.151. The number of hydrogen-bond donors (Lipinski definition) is 1. The maximum atomic E-state index is 10.8. The molecule has 0 radical (unpaired) electrons. The fourth-order valence-electron chi connectivity index (χ4n) is 1.03. The molecule has 3 nitrogen and oxygen atoms in total. The Morgan fingerprint density at radius 3 is 2.80 bits per heavy atom. The van der Waals surface area contributed by atoms with Gasteiger partial charge >= 0.3 is 5.97 Å². The fourth-order valence-corrected chi connectivity index (χ4v) is 1.74. The highest BCUT2D eigenvalue weighted by molar-refractivity contribution is 7.97. The van der Waals surface area contributed by atoms with Crippen molar-refractivity contribution in [2.24, 2.45) is 0 Å². The summed E-state index contributed by atoms with van der Waals surface area (Å²) in [5, 5.41) is 0. The van der Waals surface area contributed by atoms with E-state index in [1.165, 1.54) is 12.0 Å². The second kappa shape index (κ2) is 7.31. The largest absolute Gasteiger partial charge is 0.469 e. The SMILES string of the molecule is COC(=O)CCCNSc1ccccc1. The van der Waals surface area contributed by atoms with E-state index < -0.39 is 0 Å². The summed E-state index contributed by atoms with van der Waals surface area (Å²) in [6, 6.07) is 10.1. The van der Waals surface area contributed by atoms with Crippen molar-refractivity contribution < 1.29 is 9.53 Å². The molecule has 0 fully saturated rings. The van der Waals surface area contributed by atoms with Gasteiger partial charge in [-0.05, 0) is 30.5 Å². The Morgan fingerprint density at radius 2 is 2.13 bits per heavy atom. The summed E-state index contributed by atoms with van der Waals surface area (Å²) in [6.07, 6.45) is 1.27. The summed E-state index contributed by atoms with van der Waals surface area (Å²) >= 11 is 1.58. The van der Waals surface area contributed by atoms with Crippen molar-refractivity contribution >= 4 is 17.9 Å². The second-order valence-corrected chi connectivity index (χ2v) is 3.95. The van der Waals surface area contributed by atoms with Gasteiger partial charge < -0.3 is 4.74 Å². The number of esters is 1. The number of ether oxygens (including phenoxy) is 1. The van der Waals surface area contributed by atoms with Crippen molar-refractivity contribution in [2.75, 3.05) is 13.7 Å². The molecule has 0 spiro atoms. The molecule has 4 heteroatoms.